The number of hydrogen-bond donors (Lipinski definition) is 1. The van der Waals surface area contributed by atoms with E-state index in [0.29, 0.717) is 5.92 Å². The summed E-state index contributed by atoms with van der Waals surface area (Å²) in [5.41, 5.74) is 2.58. The van der Waals surface area contributed by atoms with Gasteiger partial charge in [-0.05, 0) is 19.3 Å². The van der Waals surface area contributed by atoms with Crippen molar-refractivity contribution in [3.8, 4) is 0 Å². The summed E-state index contributed by atoms with van der Waals surface area (Å²) in [6.07, 6.45) is 5.07. The first kappa shape index (κ1) is 6.52. The van der Waals surface area contributed by atoms with Gasteiger partial charge in [-0.25, -0.2) is 0 Å². The van der Waals surface area contributed by atoms with Gasteiger partial charge in [-0.3, -0.25) is 0 Å². The Morgan fingerprint density at radius 3 is 3.08 bits per heavy atom. The fourth-order valence-corrected chi connectivity index (χ4v) is 2.01. The average molecular weight is 164 g/mol. The lowest BCUT2D eigenvalue weighted by Crippen LogP contribution is -2.10. The summed E-state index contributed by atoms with van der Waals surface area (Å²) >= 11 is 0. The van der Waals surface area contributed by atoms with Crippen LogP contribution in [0.5, 0.6) is 0 Å². The van der Waals surface area contributed by atoms with Crippen LogP contribution >= 0.6 is 0 Å². The van der Waals surface area contributed by atoms with Crippen LogP contribution in [0, 0.1) is 0 Å². The molecule has 1 fully saturated rings. The van der Waals surface area contributed by atoms with E-state index in [0.717, 1.165) is 18.8 Å². The van der Waals surface area contributed by atoms with Gasteiger partial charge in [0.05, 0.1) is 5.69 Å². The van der Waals surface area contributed by atoms with Crippen molar-refractivity contribution in [1.29, 1.82) is 0 Å². The van der Waals surface area contributed by atoms with Gasteiger partial charge in [0, 0.05) is 18.0 Å². The third kappa shape index (κ3) is 0.737. The first-order valence-corrected chi connectivity index (χ1v) is 4.67. The molecule has 0 unspecified atom stereocenters. The maximum absolute atomic E-state index is 5.20. The van der Waals surface area contributed by atoms with Crippen LogP contribution in [0.2, 0.25) is 0 Å². The first-order valence-electron chi connectivity index (χ1n) is 4.67. The fraction of sp³-hybridized carbons (Fsp3) is 0.667. The predicted molar refractivity (Wildman–Crippen MR) is 45.3 cm³/mol. The molecule has 0 atom stereocenters. The second-order valence-electron chi connectivity index (χ2n) is 3.68. The Labute approximate surface area is 71.1 Å². The maximum Gasteiger partial charge on any atom is 0.228 e. The summed E-state index contributed by atoms with van der Waals surface area (Å²) in [4.78, 5) is 0. The molecule has 0 aromatic carbocycles. The van der Waals surface area contributed by atoms with Gasteiger partial charge in [-0.15, -0.1) is 0 Å². The number of aromatic nitrogens is 1. The maximum atomic E-state index is 5.20. The SMILES string of the molecule is C1CC(c2noc3c2CCN3)C1. The summed E-state index contributed by atoms with van der Waals surface area (Å²) < 4.78 is 5.20. The Balaban J connectivity index is 1.99. The van der Waals surface area contributed by atoms with Crippen molar-refractivity contribution in [2.24, 2.45) is 0 Å². The zero-order valence-corrected chi connectivity index (χ0v) is 6.97. The Hall–Kier alpha value is -0.990. The zero-order chi connectivity index (χ0) is 7.97. The van der Waals surface area contributed by atoms with Crippen molar-refractivity contribution in [1.82, 2.24) is 5.16 Å². The Morgan fingerprint density at radius 1 is 1.42 bits per heavy atom. The normalized spacial score (nSPS) is 21.7. The van der Waals surface area contributed by atoms with Crippen molar-refractivity contribution < 1.29 is 4.52 Å². The molecular formula is C9H12N2O. The van der Waals surface area contributed by atoms with E-state index in [4.69, 9.17) is 4.52 Å². The molecule has 2 heterocycles. The van der Waals surface area contributed by atoms with Gasteiger partial charge in [0.1, 0.15) is 0 Å². The van der Waals surface area contributed by atoms with Gasteiger partial charge in [0.15, 0.2) is 0 Å². The first-order chi connectivity index (χ1) is 5.95. The van der Waals surface area contributed by atoms with Crippen molar-refractivity contribution in [3.05, 3.63) is 11.3 Å². The van der Waals surface area contributed by atoms with Crippen molar-refractivity contribution in [3.63, 3.8) is 0 Å². The lowest BCUT2D eigenvalue weighted by Gasteiger charge is -2.23. The molecule has 0 radical (unpaired) electrons. The van der Waals surface area contributed by atoms with Gasteiger partial charge in [-0.1, -0.05) is 11.6 Å². The molecule has 1 aliphatic heterocycles. The van der Waals surface area contributed by atoms with Gasteiger partial charge >= 0.3 is 0 Å². The average Bonchev–Trinajstić information content (AvgIpc) is 2.48. The van der Waals surface area contributed by atoms with E-state index in [-0.39, 0.29) is 0 Å². The highest BCUT2D eigenvalue weighted by atomic mass is 16.5. The van der Waals surface area contributed by atoms with Gasteiger partial charge in [0.2, 0.25) is 5.88 Å². The second-order valence-corrected chi connectivity index (χ2v) is 3.68. The largest absolute Gasteiger partial charge is 0.353 e. The molecule has 3 rings (SSSR count). The summed E-state index contributed by atoms with van der Waals surface area (Å²) in [5.74, 6) is 1.63. The minimum Gasteiger partial charge on any atom is -0.353 e. The number of hydrogen-bond acceptors (Lipinski definition) is 3. The van der Waals surface area contributed by atoms with Gasteiger partial charge in [0.25, 0.3) is 0 Å². The van der Waals surface area contributed by atoms with Gasteiger partial charge in [-0.2, -0.15) is 0 Å². The molecule has 3 heteroatoms. The number of rotatable bonds is 1. The Bertz CT molecular complexity index is 301. The third-order valence-electron chi connectivity index (χ3n) is 2.97. The van der Waals surface area contributed by atoms with Crippen LogP contribution in [0.15, 0.2) is 4.52 Å². The van der Waals surface area contributed by atoms with E-state index in [9.17, 15) is 0 Å². The Kier molecular flexibility index (Phi) is 1.22. The molecule has 2 aliphatic rings. The van der Waals surface area contributed by atoms with Crippen LogP contribution < -0.4 is 5.32 Å². The summed E-state index contributed by atoms with van der Waals surface area (Å²) in [6, 6.07) is 0. The van der Waals surface area contributed by atoms with Crippen LogP contribution in [0.4, 0.5) is 5.88 Å². The van der Waals surface area contributed by atoms with E-state index in [1.54, 1.807) is 0 Å². The van der Waals surface area contributed by atoms with Crippen LogP contribution in [-0.2, 0) is 6.42 Å². The molecule has 12 heavy (non-hydrogen) atoms. The van der Waals surface area contributed by atoms with Crippen LogP contribution in [-0.4, -0.2) is 11.7 Å². The molecule has 0 amide bonds. The molecule has 1 aromatic rings. The lowest BCUT2D eigenvalue weighted by atomic mass is 9.81. The fourth-order valence-electron chi connectivity index (χ4n) is 2.01. The van der Waals surface area contributed by atoms with Crippen LogP contribution in [0.3, 0.4) is 0 Å². The highest BCUT2D eigenvalue weighted by molar-refractivity contribution is 5.49. The summed E-state index contributed by atoms with van der Waals surface area (Å²) in [6.45, 7) is 1.02. The monoisotopic (exact) mass is 164 g/mol. The van der Waals surface area contributed by atoms with E-state index in [1.165, 1.54) is 30.5 Å². The van der Waals surface area contributed by atoms with E-state index in [1.807, 2.05) is 0 Å². The Morgan fingerprint density at radius 2 is 2.33 bits per heavy atom. The molecular weight excluding hydrogens is 152 g/mol. The molecule has 64 valence electrons. The molecule has 0 bridgehead atoms. The minimum absolute atomic E-state index is 0.706. The molecule has 1 aliphatic carbocycles. The van der Waals surface area contributed by atoms with Crippen molar-refractivity contribution >= 4 is 5.88 Å². The highest BCUT2D eigenvalue weighted by Crippen LogP contribution is 2.40. The topological polar surface area (TPSA) is 38.1 Å². The van der Waals surface area contributed by atoms with E-state index >= 15 is 0 Å². The molecule has 1 saturated carbocycles. The lowest BCUT2D eigenvalue weighted by molar-refractivity contribution is 0.366. The van der Waals surface area contributed by atoms with Crippen molar-refractivity contribution in [2.45, 2.75) is 31.6 Å². The standard InChI is InChI=1S/C9H12N2O/c1-2-6(3-1)8-7-4-5-10-9(7)12-11-8/h6,10H,1-5H2. The molecule has 0 spiro atoms. The van der Waals surface area contributed by atoms with Crippen molar-refractivity contribution in [2.75, 3.05) is 11.9 Å². The quantitative estimate of drug-likeness (QED) is 0.689. The second kappa shape index (κ2) is 2.25. The zero-order valence-electron chi connectivity index (χ0n) is 6.97. The van der Waals surface area contributed by atoms with E-state index < -0.39 is 0 Å². The molecule has 0 saturated heterocycles. The summed E-state index contributed by atoms with van der Waals surface area (Å²) in [7, 11) is 0. The summed E-state index contributed by atoms with van der Waals surface area (Å²) in [5, 5.41) is 7.32. The van der Waals surface area contributed by atoms with Crippen LogP contribution in [0.25, 0.3) is 0 Å². The van der Waals surface area contributed by atoms with Gasteiger partial charge < -0.3 is 9.84 Å². The molecule has 1 N–H and O–H groups in total. The minimum atomic E-state index is 0.706. The van der Waals surface area contributed by atoms with E-state index in [2.05, 4.69) is 10.5 Å². The number of fused-ring (bicyclic) bond motifs is 1. The number of nitrogens with one attached hydrogen (secondary N) is 1. The number of anilines is 1. The molecule has 3 nitrogen and oxygen atoms in total. The predicted octanol–water partition coefficient (Wildman–Crippen LogP) is 1.91. The van der Waals surface area contributed by atoms with Crippen LogP contribution in [0.1, 0.15) is 36.4 Å². The smallest absolute Gasteiger partial charge is 0.228 e. The highest BCUT2D eigenvalue weighted by Gasteiger charge is 2.29. The number of nitrogens with zero attached hydrogens (tertiary/aromatic N) is 1. The third-order valence-corrected chi connectivity index (χ3v) is 2.97. The molecule has 1 aromatic heterocycles.